The van der Waals surface area contributed by atoms with Gasteiger partial charge in [0.05, 0.1) is 19.7 Å². The first-order valence-electron chi connectivity index (χ1n) is 7.65. The number of hydrogen-bond donors (Lipinski definition) is 2. The van der Waals surface area contributed by atoms with Gasteiger partial charge in [0, 0.05) is 4.47 Å². The summed E-state index contributed by atoms with van der Waals surface area (Å²) in [6, 6.07) is 14.9. The van der Waals surface area contributed by atoms with Gasteiger partial charge in [-0.3, -0.25) is 0 Å². The summed E-state index contributed by atoms with van der Waals surface area (Å²) in [5.41, 5.74) is 1.04. The molecule has 5 nitrogen and oxygen atoms in total. The summed E-state index contributed by atoms with van der Waals surface area (Å²) in [6.07, 6.45) is 0. The Hall–Kier alpha value is -2.21. The summed E-state index contributed by atoms with van der Waals surface area (Å²) in [7, 11) is 1.62. The number of ether oxygens (including phenoxy) is 2. The molecule has 128 valence electrons. The molecular weight excluding hydrogens is 372 g/mol. The van der Waals surface area contributed by atoms with E-state index in [0.29, 0.717) is 13.2 Å². The molecule has 2 aromatic rings. The standard InChI is InChI=1S/C18H21BrN2O3/c1-13(14-3-5-15(19)6-4-14)21-18(22)20-11-12-24-17-9-7-16(23-2)8-10-17/h3-10,13H,11-12H2,1-2H3,(H2,20,21,22). The Kier molecular flexibility index (Phi) is 6.93. The summed E-state index contributed by atoms with van der Waals surface area (Å²) in [5, 5.41) is 5.67. The first-order chi connectivity index (χ1) is 11.6. The number of amides is 2. The zero-order chi connectivity index (χ0) is 17.4. The molecule has 24 heavy (non-hydrogen) atoms. The van der Waals surface area contributed by atoms with Crippen LogP contribution in [0.5, 0.6) is 11.5 Å². The van der Waals surface area contributed by atoms with Gasteiger partial charge in [-0.15, -0.1) is 0 Å². The minimum absolute atomic E-state index is 0.0689. The number of hydrogen-bond acceptors (Lipinski definition) is 3. The van der Waals surface area contributed by atoms with E-state index in [1.54, 1.807) is 7.11 Å². The number of rotatable bonds is 7. The van der Waals surface area contributed by atoms with Gasteiger partial charge < -0.3 is 20.1 Å². The quantitative estimate of drug-likeness (QED) is 0.702. The van der Waals surface area contributed by atoms with Gasteiger partial charge in [-0.1, -0.05) is 28.1 Å². The van der Waals surface area contributed by atoms with Gasteiger partial charge in [-0.2, -0.15) is 0 Å². The van der Waals surface area contributed by atoms with Crippen LogP contribution in [0, 0.1) is 0 Å². The molecule has 6 heteroatoms. The molecule has 0 spiro atoms. The molecule has 0 heterocycles. The van der Waals surface area contributed by atoms with Crippen molar-refractivity contribution >= 4 is 22.0 Å². The highest BCUT2D eigenvalue weighted by Crippen LogP contribution is 2.17. The molecule has 0 aliphatic rings. The van der Waals surface area contributed by atoms with Crippen LogP contribution in [0.3, 0.4) is 0 Å². The lowest BCUT2D eigenvalue weighted by Crippen LogP contribution is -2.38. The maximum atomic E-state index is 11.9. The van der Waals surface area contributed by atoms with Crippen molar-refractivity contribution in [1.82, 2.24) is 10.6 Å². The predicted octanol–water partition coefficient (Wildman–Crippen LogP) is 3.90. The lowest BCUT2D eigenvalue weighted by atomic mass is 10.1. The maximum absolute atomic E-state index is 11.9. The SMILES string of the molecule is COc1ccc(OCCNC(=O)NC(C)c2ccc(Br)cc2)cc1. The van der Waals surface area contributed by atoms with Gasteiger partial charge in [-0.25, -0.2) is 4.79 Å². The summed E-state index contributed by atoms with van der Waals surface area (Å²) in [5.74, 6) is 1.52. The van der Waals surface area contributed by atoms with Gasteiger partial charge in [0.1, 0.15) is 18.1 Å². The molecular formula is C18H21BrN2O3. The number of carbonyl (C=O) groups is 1. The second-order valence-corrected chi connectivity index (χ2v) is 6.11. The summed E-state index contributed by atoms with van der Waals surface area (Å²) in [4.78, 5) is 11.9. The topological polar surface area (TPSA) is 59.6 Å². The lowest BCUT2D eigenvalue weighted by Gasteiger charge is -2.15. The van der Waals surface area contributed by atoms with E-state index in [-0.39, 0.29) is 12.1 Å². The number of nitrogens with one attached hydrogen (secondary N) is 2. The van der Waals surface area contributed by atoms with Crippen LogP contribution < -0.4 is 20.1 Å². The molecule has 0 saturated heterocycles. The van der Waals surface area contributed by atoms with Crippen molar-refractivity contribution in [3.8, 4) is 11.5 Å². The van der Waals surface area contributed by atoms with E-state index in [1.165, 1.54) is 0 Å². The zero-order valence-electron chi connectivity index (χ0n) is 13.7. The highest BCUT2D eigenvalue weighted by Gasteiger charge is 2.08. The highest BCUT2D eigenvalue weighted by molar-refractivity contribution is 9.10. The third-order valence-electron chi connectivity index (χ3n) is 3.43. The molecule has 0 aliphatic carbocycles. The monoisotopic (exact) mass is 392 g/mol. The van der Waals surface area contributed by atoms with Crippen LogP contribution in [0.15, 0.2) is 53.0 Å². The van der Waals surface area contributed by atoms with Gasteiger partial charge in [0.25, 0.3) is 0 Å². The Morgan fingerprint density at radius 1 is 1.08 bits per heavy atom. The number of benzene rings is 2. The van der Waals surface area contributed by atoms with Crippen LogP contribution in [0.2, 0.25) is 0 Å². The van der Waals surface area contributed by atoms with Crippen LogP contribution in [-0.4, -0.2) is 26.3 Å². The maximum Gasteiger partial charge on any atom is 0.315 e. The van der Waals surface area contributed by atoms with Gasteiger partial charge in [0.15, 0.2) is 0 Å². The third kappa shape index (κ3) is 5.77. The van der Waals surface area contributed by atoms with E-state index in [4.69, 9.17) is 9.47 Å². The van der Waals surface area contributed by atoms with Crippen molar-refractivity contribution in [3.05, 3.63) is 58.6 Å². The Morgan fingerprint density at radius 2 is 1.71 bits per heavy atom. The Bertz CT molecular complexity index is 644. The molecule has 0 bridgehead atoms. The number of carbonyl (C=O) groups excluding carboxylic acids is 1. The van der Waals surface area contributed by atoms with E-state index >= 15 is 0 Å². The normalized spacial score (nSPS) is 11.5. The number of urea groups is 1. The predicted molar refractivity (Wildman–Crippen MR) is 97.6 cm³/mol. The van der Waals surface area contributed by atoms with Crippen LogP contribution >= 0.6 is 15.9 Å². The average Bonchev–Trinajstić information content (AvgIpc) is 2.59. The van der Waals surface area contributed by atoms with E-state index in [9.17, 15) is 4.79 Å². The molecule has 0 aromatic heterocycles. The fourth-order valence-electron chi connectivity index (χ4n) is 2.09. The minimum Gasteiger partial charge on any atom is -0.497 e. The van der Waals surface area contributed by atoms with Crippen molar-refractivity contribution in [1.29, 1.82) is 0 Å². The molecule has 0 saturated carbocycles. The number of methoxy groups -OCH3 is 1. The van der Waals surface area contributed by atoms with E-state index in [2.05, 4.69) is 26.6 Å². The molecule has 0 radical (unpaired) electrons. The van der Waals surface area contributed by atoms with Crippen molar-refractivity contribution in [2.75, 3.05) is 20.3 Å². The minimum atomic E-state index is -0.219. The van der Waals surface area contributed by atoms with Crippen LogP contribution in [-0.2, 0) is 0 Å². The van der Waals surface area contributed by atoms with Gasteiger partial charge >= 0.3 is 6.03 Å². The van der Waals surface area contributed by atoms with Crippen molar-refractivity contribution in [2.24, 2.45) is 0 Å². The second-order valence-electron chi connectivity index (χ2n) is 5.20. The second kappa shape index (κ2) is 9.17. The Balaban J connectivity index is 1.68. The molecule has 1 atom stereocenters. The van der Waals surface area contributed by atoms with E-state index in [0.717, 1.165) is 21.5 Å². The average molecular weight is 393 g/mol. The summed E-state index contributed by atoms with van der Waals surface area (Å²) < 4.78 is 11.7. The van der Waals surface area contributed by atoms with Gasteiger partial charge in [-0.05, 0) is 48.9 Å². The fraction of sp³-hybridized carbons (Fsp3) is 0.278. The first-order valence-corrected chi connectivity index (χ1v) is 8.44. The lowest BCUT2D eigenvalue weighted by molar-refractivity contribution is 0.233. The molecule has 0 aliphatic heterocycles. The van der Waals surface area contributed by atoms with Crippen LogP contribution in [0.4, 0.5) is 4.79 Å². The van der Waals surface area contributed by atoms with Crippen LogP contribution in [0.1, 0.15) is 18.5 Å². The zero-order valence-corrected chi connectivity index (χ0v) is 15.3. The molecule has 2 aromatic carbocycles. The fourth-order valence-corrected chi connectivity index (χ4v) is 2.35. The Labute approximate surface area is 150 Å². The van der Waals surface area contributed by atoms with Crippen molar-refractivity contribution in [3.63, 3.8) is 0 Å². The van der Waals surface area contributed by atoms with Crippen molar-refractivity contribution in [2.45, 2.75) is 13.0 Å². The largest absolute Gasteiger partial charge is 0.497 e. The number of halogens is 1. The summed E-state index contributed by atoms with van der Waals surface area (Å²) in [6.45, 7) is 2.76. The molecule has 2 amide bonds. The van der Waals surface area contributed by atoms with E-state index in [1.807, 2.05) is 55.5 Å². The molecule has 0 fully saturated rings. The molecule has 2 rings (SSSR count). The van der Waals surface area contributed by atoms with Gasteiger partial charge in [0.2, 0.25) is 0 Å². The highest BCUT2D eigenvalue weighted by atomic mass is 79.9. The van der Waals surface area contributed by atoms with Crippen molar-refractivity contribution < 1.29 is 14.3 Å². The first kappa shape index (κ1) is 18.1. The molecule has 1 unspecified atom stereocenters. The third-order valence-corrected chi connectivity index (χ3v) is 3.96. The Morgan fingerprint density at radius 3 is 2.33 bits per heavy atom. The molecule has 2 N–H and O–H groups in total. The van der Waals surface area contributed by atoms with E-state index < -0.39 is 0 Å². The van der Waals surface area contributed by atoms with Crippen LogP contribution in [0.25, 0.3) is 0 Å². The smallest absolute Gasteiger partial charge is 0.315 e. The summed E-state index contributed by atoms with van der Waals surface area (Å²) >= 11 is 3.39.